The minimum atomic E-state index is -1.38. The summed E-state index contributed by atoms with van der Waals surface area (Å²) in [7, 11) is 0. The number of hydrogen-bond donors (Lipinski definition) is 2. The standard InChI is InChI=1S/C16H15NO5S/c1-8-7-23-15-10(14(20)17(15)11(8)16(21)22)13(19)12(18)9-5-3-2-4-6-9/h2-6,10,12,15,18H,7H2,1H3,(H,21,22)/t10?,12?,15-/m1/s1. The minimum absolute atomic E-state index is 0.0444. The Kier molecular flexibility index (Phi) is 3.99. The lowest BCUT2D eigenvalue weighted by Crippen LogP contribution is -2.64. The van der Waals surface area contributed by atoms with Gasteiger partial charge in [-0.25, -0.2) is 4.79 Å². The Hall–Kier alpha value is -2.12. The van der Waals surface area contributed by atoms with Crippen LogP contribution in [0.1, 0.15) is 18.6 Å². The first-order chi connectivity index (χ1) is 10.9. The number of amides is 1. The average Bonchev–Trinajstić information content (AvgIpc) is 2.54. The molecule has 2 unspecified atom stereocenters. The number of hydrogen-bond acceptors (Lipinski definition) is 5. The number of Topliss-reactive ketones (excluding diaryl/α,β-unsaturated/α-hetero) is 1. The van der Waals surface area contributed by atoms with Crippen LogP contribution in [0.5, 0.6) is 0 Å². The summed E-state index contributed by atoms with van der Waals surface area (Å²) in [4.78, 5) is 37.3. The fourth-order valence-electron chi connectivity index (χ4n) is 2.87. The molecule has 1 aromatic carbocycles. The predicted molar refractivity (Wildman–Crippen MR) is 83.3 cm³/mol. The summed E-state index contributed by atoms with van der Waals surface area (Å²) in [5, 5.41) is 18.9. The number of fused-ring (bicyclic) bond motifs is 1. The van der Waals surface area contributed by atoms with Crippen LogP contribution in [0.2, 0.25) is 0 Å². The van der Waals surface area contributed by atoms with E-state index in [1.54, 1.807) is 37.3 Å². The molecule has 23 heavy (non-hydrogen) atoms. The maximum atomic E-state index is 12.5. The van der Waals surface area contributed by atoms with E-state index in [-0.39, 0.29) is 5.70 Å². The third-order valence-electron chi connectivity index (χ3n) is 4.05. The zero-order valence-corrected chi connectivity index (χ0v) is 13.1. The second kappa shape index (κ2) is 5.82. The number of rotatable bonds is 4. The number of aliphatic hydroxyl groups is 1. The van der Waals surface area contributed by atoms with Gasteiger partial charge in [0.15, 0.2) is 5.78 Å². The van der Waals surface area contributed by atoms with Crippen molar-refractivity contribution in [1.82, 2.24) is 4.90 Å². The highest BCUT2D eigenvalue weighted by molar-refractivity contribution is 8.00. The van der Waals surface area contributed by atoms with E-state index in [4.69, 9.17) is 0 Å². The number of carboxylic acids is 1. The van der Waals surface area contributed by atoms with Crippen LogP contribution in [0.25, 0.3) is 0 Å². The Bertz CT molecular complexity index is 714. The van der Waals surface area contributed by atoms with Crippen molar-refractivity contribution in [3.8, 4) is 0 Å². The van der Waals surface area contributed by atoms with E-state index >= 15 is 0 Å². The van der Waals surface area contributed by atoms with E-state index in [2.05, 4.69) is 0 Å². The quantitative estimate of drug-likeness (QED) is 0.635. The Morgan fingerprint density at radius 2 is 1.96 bits per heavy atom. The third-order valence-corrected chi connectivity index (χ3v) is 5.48. The van der Waals surface area contributed by atoms with Crippen molar-refractivity contribution in [2.45, 2.75) is 18.4 Å². The van der Waals surface area contributed by atoms with Gasteiger partial charge in [0.1, 0.15) is 23.1 Å². The normalized spacial score (nSPS) is 24.8. The number of carbonyl (C=O) groups excluding carboxylic acids is 2. The molecule has 0 saturated carbocycles. The lowest BCUT2D eigenvalue weighted by molar-refractivity contribution is -0.159. The molecular weight excluding hydrogens is 318 g/mol. The van der Waals surface area contributed by atoms with Gasteiger partial charge in [0.25, 0.3) is 0 Å². The van der Waals surface area contributed by atoms with Crippen molar-refractivity contribution in [2.75, 3.05) is 5.75 Å². The molecule has 1 amide bonds. The van der Waals surface area contributed by atoms with Gasteiger partial charge in [0.2, 0.25) is 5.91 Å². The molecule has 2 heterocycles. The van der Waals surface area contributed by atoms with Gasteiger partial charge in [-0.15, -0.1) is 11.8 Å². The molecule has 0 bridgehead atoms. The number of thioether (sulfide) groups is 1. The number of ketones is 1. The molecule has 1 saturated heterocycles. The topological polar surface area (TPSA) is 94.9 Å². The zero-order chi connectivity index (χ0) is 16.7. The van der Waals surface area contributed by atoms with Gasteiger partial charge < -0.3 is 10.2 Å². The highest BCUT2D eigenvalue weighted by atomic mass is 32.2. The molecule has 2 aliphatic heterocycles. The number of benzene rings is 1. The first-order valence-corrected chi connectivity index (χ1v) is 8.12. The monoisotopic (exact) mass is 333 g/mol. The predicted octanol–water partition coefficient (Wildman–Crippen LogP) is 1.18. The molecule has 120 valence electrons. The Morgan fingerprint density at radius 3 is 2.57 bits per heavy atom. The van der Waals surface area contributed by atoms with Crippen LogP contribution in [-0.4, -0.2) is 43.9 Å². The highest BCUT2D eigenvalue weighted by Crippen LogP contribution is 2.45. The molecule has 2 aliphatic rings. The second-order valence-corrected chi connectivity index (χ2v) is 6.64. The third kappa shape index (κ3) is 2.46. The van der Waals surface area contributed by atoms with E-state index in [0.717, 1.165) is 4.90 Å². The van der Waals surface area contributed by atoms with Crippen LogP contribution in [0.4, 0.5) is 0 Å². The van der Waals surface area contributed by atoms with Crippen LogP contribution in [0.15, 0.2) is 41.6 Å². The first kappa shape index (κ1) is 15.8. The SMILES string of the molecule is CC1=C(C(=O)O)N2C(=O)C(C(=O)C(O)c3ccccc3)[C@H]2SC1. The van der Waals surface area contributed by atoms with Gasteiger partial charge in [-0.2, -0.15) is 0 Å². The Labute approximate surface area is 136 Å². The summed E-state index contributed by atoms with van der Waals surface area (Å²) in [5.74, 6) is -2.87. The van der Waals surface area contributed by atoms with E-state index in [1.807, 2.05) is 0 Å². The smallest absolute Gasteiger partial charge is 0.352 e. The maximum Gasteiger partial charge on any atom is 0.352 e. The fraction of sp³-hybridized carbons (Fsp3) is 0.312. The summed E-state index contributed by atoms with van der Waals surface area (Å²) in [5.41, 5.74) is 0.980. The van der Waals surface area contributed by atoms with Crippen molar-refractivity contribution in [3.63, 3.8) is 0 Å². The minimum Gasteiger partial charge on any atom is -0.477 e. The number of carboxylic acid groups (broad SMARTS) is 1. The fourth-order valence-corrected chi connectivity index (χ4v) is 4.23. The first-order valence-electron chi connectivity index (χ1n) is 7.08. The summed E-state index contributed by atoms with van der Waals surface area (Å²) >= 11 is 1.35. The molecule has 3 atom stereocenters. The van der Waals surface area contributed by atoms with Gasteiger partial charge in [0.05, 0.1) is 0 Å². The number of carbonyl (C=O) groups is 3. The molecule has 1 fully saturated rings. The number of β-lactam (4-membered cyclic amide) rings is 1. The van der Waals surface area contributed by atoms with Gasteiger partial charge >= 0.3 is 5.97 Å². The van der Waals surface area contributed by atoms with E-state index in [1.165, 1.54) is 11.8 Å². The van der Waals surface area contributed by atoms with E-state index in [9.17, 15) is 24.6 Å². The van der Waals surface area contributed by atoms with E-state index in [0.29, 0.717) is 16.9 Å². The molecule has 0 spiro atoms. The molecular formula is C16H15NO5S. The van der Waals surface area contributed by atoms with Gasteiger partial charge in [-0.3, -0.25) is 14.5 Å². The van der Waals surface area contributed by atoms with Crippen molar-refractivity contribution in [1.29, 1.82) is 0 Å². The van der Waals surface area contributed by atoms with Crippen LogP contribution in [-0.2, 0) is 14.4 Å². The lowest BCUT2D eigenvalue weighted by atomic mass is 9.87. The summed E-state index contributed by atoms with van der Waals surface area (Å²) in [6, 6.07) is 8.39. The average molecular weight is 333 g/mol. The highest BCUT2D eigenvalue weighted by Gasteiger charge is 2.57. The summed E-state index contributed by atoms with van der Waals surface area (Å²) < 4.78 is 0. The number of aliphatic hydroxyl groups excluding tert-OH is 1. The van der Waals surface area contributed by atoms with Crippen LogP contribution in [0.3, 0.4) is 0 Å². The van der Waals surface area contributed by atoms with Crippen LogP contribution >= 0.6 is 11.8 Å². The van der Waals surface area contributed by atoms with Crippen molar-refractivity contribution >= 4 is 29.4 Å². The molecule has 0 aliphatic carbocycles. The molecule has 6 nitrogen and oxygen atoms in total. The summed E-state index contributed by atoms with van der Waals surface area (Å²) in [6.45, 7) is 1.66. The molecule has 3 rings (SSSR count). The lowest BCUT2D eigenvalue weighted by Gasteiger charge is -2.48. The molecule has 7 heteroatoms. The van der Waals surface area contributed by atoms with Crippen LogP contribution in [0, 0.1) is 5.92 Å². The molecule has 0 radical (unpaired) electrons. The second-order valence-electron chi connectivity index (χ2n) is 5.54. The zero-order valence-electron chi connectivity index (χ0n) is 12.3. The van der Waals surface area contributed by atoms with Crippen molar-refractivity contribution in [3.05, 3.63) is 47.2 Å². The van der Waals surface area contributed by atoms with E-state index < -0.39 is 35.1 Å². The maximum absolute atomic E-state index is 12.5. The molecule has 1 aromatic rings. The van der Waals surface area contributed by atoms with Crippen molar-refractivity contribution < 1.29 is 24.6 Å². The van der Waals surface area contributed by atoms with Gasteiger partial charge in [0, 0.05) is 5.75 Å². The van der Waals surface area contributed by atoms with Gasteiger partial charge in [-0.05, 0) is 18.1 Å². The Morgan fingerprint density at radius 1 is 1.30 bits per heavy atom. The molecule has 0 aromatic heterocycles. The number of nitrogens with zero attached hydrogens (tertiary/aromatic N) is 1. The Balaban J connectivity index is 1.83. The van der Waals surface area contributed by atoms with Gasteiger partial charge in [-0.1, -0.05) is 30.3 Å². The largest absolute Gasteiger partial charge is 0.477 e. The molecule has 2 N–H and O–H groups in total. The van der Waals surface area contributed by atoms with Crippen molar-refractivity contribution in [2.24, 2.45) is 5.92 Å². The van der Waals surface area contributed by atoms with Crippen LogP contribution < -0.4 is 0 Å². The number of aliphatic carboxylic acids is 1. The summed E-state index contributed by atoms with van der Waals surface area (Å²) in [6.07, 6.45) is -1.38.